The summed E-state index contributed by atoms with van der Waals surface area (Å²) in [6.07, 6.45) is 12.4. The molecule has 2 aromatic carbocycles. The maximum absolute atomic E-state index is 10.2. The van der Waals surface area contributed by atoms with Crippen LogP contribution in [-0.2, 0) is 9.59 Å². The Morgan fingerprint density at radius 1 is 0.579 bits per heavy atom. The molecule has 0 saturated heterocycles. The number of methoxy groups -OCH3 is 2. The van der Waals surface area contributed by atoms with Crippen LogP contribution in [0.2, 0.25) is 0 Å². The lowest BCUT2D eigenvalue weighted by Gasteiger charge is -1.98. The van der Waals surface area contributed by atoms with Crippen molar-refractivity contribution in [3.8, 4) is 22.6 Å². The molecule has 0 spiro atoms. The summed E-state index contributed by atoms with van der Waals surface area (Å²) >= 11 is 0. The van der Waals surface area contributed by atoms with Gasteiger partial charge in [-0.25, -0.2) is 9.59 Å². The Labute approximate surface area is 221 Å². The van der Waals surface area contributed by atoms with E-state index in [-0.39, 0.29) is 0 Å². The molecule has 4 rings (SSSR count). The summed E-state index contributed by atoms with van der Waals surface area (Å²) in [5.41, 5.74) is 4.02. The first-order valence-electron chi connectivity index (χ1n) is 11.3. The van der Waals surface area contributed by atoms with E-state index in [4.69, 9.17) is 19.7 Å². The lowest BCUT2D eigenvalue weighted by Crippen LogP contribution is -1.86. The molecule has 0 fully saturated rings. The van der Waals surface area contributed by atoms with Gasteiger partial charge in [-0.3, -0.25) is 9.97 Å². The van der Waals surface area contributed by atoms with E-state index in [1.807, 2.05) is 24.3 Å². The second-order valence-corrected chi connectivity index (χ2v) is 7.36. The number of rotatable bonds is 7. The molecule has 0 aliphatic rings. The quantitative estimate of drug-likeness (QED) is 0.301. The van der Waals surface area contributed by atoms with Gasteiger partial charge in [0.2, 0.25) is 0 Å². The van der Waals surface area contributed by atoms with Crippen molar-refractivity contribution in [1.82, 2.24) is 9.97 Å². The van der Waals surface area contributed by atoms with Gasteiger partial charge in [0.25, 0.3) is 0 Å². The number of ether oxygens (including phenoxy) is 2. The fourth-order valence-corrected chi connectivity index (χ4v) is 2.85. The molecule has 4 aromatic rings. The highest BCUT2D eigenvalue weighted by Gasteiger charge is 1.94. The molecule has 2 heterocycles. The molecular weight excluding hydrogens is 484 g/mol. The van der Waals surface area contributed by atoms with E-state index in [2.05, 4.69) is 9.97 Å². The van der Waals surface area contributed by atoms with Crippen molar-refractivity contribution in [2.24, 2.45) is 0 Å². The zero-order valence-electron chi connectivity index (χ0n) is 21.0. The van der Waals surface area contributed by atoms with E-state index in [0.717, 1.165) is 34.8 Å². The Kier molecular flexibility index (Phi) is 12.5. The first kappa shape index (κ1) is 29.0. The fraction of sp³-hybridized carbons (Fsp3) is 0.0667. The van der Waals surface area contributed by atoms with Crippen LogP contribution >= 0.6 is 0 Å². The Hall–Kier alpha value is -5.24. The number of benzene rings is 2. The molecule has 2 aromatic heterocycles. The van der Waals surface area contributed by atoms with Crippen molar-refractivity contribution < 1.29 is 29.3 Å². The summed E-state index contributed by atoms with van der Waals surface area (Å²) in [5, 5.41) is 16.7. The van der Waals surface area contributed by atoms with E-state index in [1.54, 1.807) is 87.5 Å². The third-order valence-electron chi connectivity index (χ3n) is 4.76. The number of carbonyl (C=O) groups is 2. The summed E-state index contributed by atoms with van der Waals surface area (Å²) in [7, 11) is 3.17. The summed E-state index contributed by atoms with van der Waals surface area (Å²) in [4.78, 5) is 28.3. The van der Waals surface area contributed by atoms with E-state index in [0.29, 0.717) is 0 Å². The van der Waals surface area contributed by atoms with Gasteiger partial charge in [-0.15, -0.1) is 0 Å². The molecule has 0 aliphatic heterocycles. The van der Waals surface area contributed by atoms with E-state index in [1.165, 1.54) is 23.3 Å². The summed E-state index contributed by atoms with van der Waals surface area (Å²) in [6.45, 7) is 0. The number of hydrogen-bond acceptors (Lipinski definition) is 6. The predicted octanol–water partition coefficient (Wildman–Crippen LogP) is 5.73. The predicted molar refractivity (Wildman–Crippen MR) is 147 cm³/mol. The molecule has 0 radical (unpaired) electrons. The van der Waals surface area contributed by atoms with Gasteiger partial charge in [0.05, 0.1) is 14.2 Å². The van der Waals surface area contributed by atoms with Crippen LogP contribution in [0.1, 0.15) is 11.1 Å². The Balaban J connectivity index is 0.000000200. The molecular formula is C30H28N2O6. The zero-order valence-corrected chi connectivity index (χ0v) is 21.0. The molecule has 0 unspecified atom stereocenters. The number of nitrogens with zero attached hydrogens (tertiary/aromatic N) is 2. The van der Waals surface area contributed by atoms with Gasteiger partial charge in [-0.1, -0.05) is 24.3 Å². The van der Waals surface area contributed by atoms with Crippen molar-refractivity contribution >= 4 is 24.1 Å². The third kappa shape index (κ3) is 11.5. The topological polar surface area (TPSA) is 119 Å². The maximum atomic E-state index is 10.2. The van der Waals surface area contributed by atoms with Gasteiger partial charge < -0.3 is 19.7 Å². The smallest absolute Gasteiger partial charge is 0.328 e. The molecule has 38 heavy (non-hydrogen) atoms. The highest BCUT2D eigenvalue weighted by atomic mass is 16.5. The SMILES string of the molecule is COc1ccc(/C=C/C(=O)O)cc1.COc1ccc(/C=C/C(=O)O)cc1.c1cc(-c2ccncc2)ccn1. The monoisotopic (exact) mass is 512 g/mol. The number of aliphatic carboxylic acids is 2. The molecule has 194 valence electrons. The Morgan fingerprint density at radius 3 is 1.16 bits per heavy atom. The summed E-state index contributed by atoms with van der Waals surface area (Å²) in [6, 6.07) is 22.2. The van der Waals surface area contributed by atoms with Crippen molar-refractivity contribution in [3.05, 3.63) is 121 Å². The summed E-state index contributed by atoms with van der Waals surface area (Å²) < 4.78 is 9.91. The standard InChI is InChI=1S/C10H8N2.2C10H10O3/c1-5-11-6-2-9(1)10-3-7-12-8-4-10;2*1-13-9-5-2-8(3-6-9)4-7-10(11)12/h1-8H;2*2-7H,1H3,(H,11,12)/b;2*7-4+. The lowest BCUT2D eigenvalue weighted by atomic mass is 10.1. The van der Waals surface area contributed by atoms with Gasteiger partial charge in [0, 0.05) is 36.9 Å². The van der Waals surface area contributed by atoms with Gasteiger partial charge in [-0.05, 0) is 82.9 Å². The average Bonchev–Trinajstić information content (AvgIpc) is 2.97. The molecule has 0 amide bonds. The number of hydrogen-bond donors (Lipinski definition) is 2. The number of carboxylic acid groups (broad SMARTS) is 2. The summed E-state index contributed by atoms with van der Waals surface area (Å²) in [5.74, 6) is -0.383. The van der Waals surface area contributed by atoms with Crippen molar-refractivity contribution in [2.45, 2.75) is 0 Å². The molecule has 0 atom stereocenters. The third-order valence-corrected chi connectivity index (χ3v) is 4.76. The molecule has 2 N–H and O–H groups in total. The van der Waals surface area contributed by atoms with Gasteiger partial charge >= 0.3 is 11.9 Å². The van der Waals surface area contributed by atoms with Crippen LogP contribution in [0.5, 0.6) is 11.5 Å². The number of pyridine rings is 2. The highest BCUT2D eigenvalue weighted by Crippen LogP contribution is 2.16. The largest absolute Gasteiger partial charge is 0.497 e. The number of aromatic nitrogens is 2. The average molecular weight is 513 g/mol. The second-order valence-electron chi connectivity index (χ2n) is 7.36. The second kappa shape index (κ2) is 16.4. The first-order valence-corrected chi connectivity index (χ1v) is 11.3. The van der Waals surface area contributed by atoms with Crippen LogP contribution in [0.3, 0.4) is 0 Å². The van der Waals surface area contributed by atoms with Crippen LogP contribution in [0, 0.1) is 0 Å². The van der Waals surface area contributed by atoms with E-state index < -0.39 is 11.9 Å². The first-order chi connectivity index (χ1) is 18.4. The van der Waals surface area contributed by atoms with Crippen LogP contribution < -0.4 is 9.47 Å². The van der Waals surface area contributed by atoms with Crippen molar-refractivity contribution in [2.75, 3.05) is 14.2 Å². The minimum Gasteiger partial charge on any atom is -0.497 e. The highest BCUT2D eigenvalue weighted by molar-refractivity contribution is 5.85. The molecule has 0 saturated carbocycles. The zero-order chi connectivity index (χ0) is 27.6. The van der Waals surface area contributed by atoms with Crippen LogP contribution in [-0.4, -0.2) is 46.3 Å². The molecule has 0 aliphatic carbocycles. The molecule has 0 bridgehead atoms. The van der Waals surface area contributed by atoms with Crippen LogP contribution in [0.25, 0.3) is 23.3 Å². The maximum Gasteiger partial charge on any atom is 0.328 e. The van der Waals surface area contributed by atoms with E-state index >= 15 is 0 Å². The van der Waals surface area contributed by atoms with Crippen LogP contribution in [0.4, 0.5) is 0 Å². The van der Waals surface area contributed by atoms with Gasteiger partial charge in [0.15, 0.2) is 0 Å². The van der Waals surface area contributed by atoms with Gasteiger partial charge in [-0.2, -0.15) is 0 Å². The van der Waals surface area contributed by atoms with Crippen LogP contribution in [0.15, 0.2) is 110 Å². The Bertz CT molecular complexity index is 1200. The van der Waals surface area contributed by atoms with E-state index in [9.17, 15) is 9.59 Å². The molecule has 8 nitrogen and oxygen atoms in total. The Morgan fingerprint density at radius 2 is 0.895 bits per heavy atom. The lowest BCUT2D eigenvalue weighted by molar-refractivity contribution is -0.132. The molecule has 8 heteroatoms. The fourth-order valence-electron chi connectivity index (χ4n) is 2.85. The van der Waals surface area contributed by atoms with Crippen molar-refractivity contribution in [3.63, 3.8) is 0 Å². The number of carboxylic acids is 2. The minimum absolute atomic E-state index is 0.757. The minimum atomic E-state index is -0.948. The van der Waals surface area contributed by atoms with Crippen molar-refractivity contribution in [1.29, 1.82) is 0 Å². The van der Waals surface area contributed by atoms with Gasteiger partial charge in [0.1, 0.15) is 11.5 Å². The normalized spacial score (nSPS) is 10.1.